The number of methoxy groups -OCH3 is 1. The van der Waals surface area contributed by atoms with E-state index < -0.39 is 5.97 Å². The Labute approximate surface area is 193 Å². The number of halogens is 1. The van der Waals surface area contributed by atoms with Crippen molar-refractivity contribution < 1.29 is 23.8 Å². The molecule has 1 amide bonds. The molecule has 2 aromatic rings. The van der Waals surface area contributed by atoms with Crippen LogP contribution in [-0.2, 0) is 14.3 Å². The van der Waals surface area contributed by atoms with E-state index in [0.717, 1.165) is 11.4 Å². The number of nitrogens with zero attached hydrogens (tertiary/aromatic N) is 3. The molecule has 1 aromatic heterocycles. The van der Waals surface area contributed by atoms with E-state index in [1.165, 1.54) is 25.1 Å². The summed E-state index contributed by atoms with van der Waals surface area (Å²) in [6, 6.07) is 5.18. The van der Waals surface area contributed by atoms with Gasteiger partial charge in [0.2, 0.25) is 0 Å². The predicted molar refractivity (Wildman–Crippen MR) is 121 cm³/mol. The lowest BCUT2D eigenvalue weighted by atomic mass is 10.2. The molecule has 166 valence electrons. The van der Waals surface area contributed by atoms with Crippen LogP contribution in [0.5, 0.6) is 11.5 Å². The van der Waals surface area contributed by atoms with Crippen LogP contribution in [0.3, 0.4) is 0 Å². The molecule has 0 aliphatic carbocycles. The van der Waals surface area contributed by atoms with Gasteiger partial charge in [-0.1, -0.05) is 11.8 Å². The first-order valence-corrected chi connectivity index (χ1v) is 11.0. The first kappa shape index (κ1) is 24.6. The van der Waals surface area contributed by atoms with Crippen molar-refractivity contribution in [2.24, 2.45) is 5.10 Å². The van der Waals surface area contributed by atoms with Gasteiger partial charge in [0.15, 0.2) is 23.3 Å². The molecule has 1 heterocycles. The van der Waals surface area contributed by atoms with E-state index in [1.54, 1.807) is 19.1 Å². The maximum Gasteiger partial charge on any atom is 0.344 e. The Kier molecular flexibility index (Phi) is 9.73. The second-order valence-electron chi connectivity index (χ2n) is 6.13. The van der Waals surface area contributed by atoms with Gasteiger partial charge in [0.1, 0.15) is 0 Å². The zero-order chi connectivity index (χ0) is 22.8. The first-order chi connectivity index (χ1) is 14.8. The third-order valence-corrected chi connectivity index (χ3v) is 5.15. The molecule has 11 heteroatoms. The largest absolute Gasteiger partial charge is 0.493 e. The summed E-state index contributed by atoms with van der Waals surface area (Å²) in [6.07, 6.45) is 1.47. The fourth-order valence-corrected chi connectivity index (χ4v) is 3.52. The van der Waals surface area contributed by atoms with Crippen molar-refractivity contribution in [3.63, 3.8) is 0 Å². The minimum atomic E-state index is -0.474. The van der Waals surface area contributed by atoms with E-state index in [4.69, 9.17) is 14.2 Å². The number of hydrogen-bond donors (Lipinski definition) is 1. The molecule has 0 saturated carbocycles. The van der Waals surface area contributed by atoms with Crippen LogP contribution < -0.4 is 14.9 Å². The van der Waals surface area contributed by atoms with Crippen molar-refractivity contribution in [1.29, 1.82) is 0 Å². The van der Waals surface area contributed by atoms with Crippen LogP contribution in [0.15, 0.2) is 32.9 Å². The van der Waals surface area contributed by atoms with Crippen LogP contribution in [0.2, 0.25) is 0 Å². The highest BCUT2D eigenvalue weighted by Gasteiger charge is 2.12. The van der Waals surface area contributed by atoms with Crippen molar-refractivity contribution >= 4 is 45.8 Å². The van der Waals surface area contributed by atoms with Gasteiger partial charge >= 0.3 is 5.97 Å². The van der Waals surface area contributed by atoms with Crippen LogP contribution in [0, 0.1) is 13.8 Å². The summed E-state index contributed by atoms with van der Waals surface area (Å²) in [4.78, 5) is 32.1. The number of carbonyl (C=O) groups excluding carboxylic acids is 2. The normalized spacial score (nSPS) is 10.7. The SMILES string of the molecule is CCOC(=O)COc1cc(Br)c(/C=N\NC(=O)CSc2nc(C)cc(C)n2)cc1OC. The fourth-order valence-electron chi connectivity index (χ4n) is 2.36. The van der Waals surface area contributed by atoms with Crippen molar-refractivity contribution in [1.82, 2.24) is 15.4 Å². The molecule has 2 rings (SSSR count). The Morgan fingerprint density at radius 3 is 2.55 bits per heavy atom. The average molecular weight is 511 g/mol. The predicted octanol–water partition coefficient (Wildman–Crippen LogP) is 3.05. The van der Waals surface area contributed by atoms with Gasteiger partial charge < -0.3 is 14.2 Å². The summed E-state index contributed by atoms with van der Waals surface area (Å²) >= 11 is 4.65. The molecule has 0 spiro atoms. The Morgan fingerprint density at radius 1 is 1.19 bits per heavy atom. The van der Waals surface area contributed by atoms with Crippen LogP contribution in [0.25, 0.3) is 0 Å². The average Bonchev–Trinajstić information content (AvgIpc) is 2.71. The Hall–Kier alpha value is -2.66. The number of thioether (sulfide) groups is 1. The monoisotopic (exact) mass is 510 g/mol. The van der Waals surface area contributed by atoms with E-state index in [9.17, 15) is 9.59 Å². The lowest BCUT2D eigenvalue weighted by Crippen LogP contribution is -2.20. The molecule has 1 N–H and O–H groups in total. The molecule has 0 fully saturated rings. The summed E-state index contributed by atoms with van der Waals surface area (Å²) in [7, 11) is 1.48. The molecule has 0 unspecified atom stereocenters. The molecule has 0 radical (unpaired) electrons. The van der Waals surface area contributed by atoms with E-state index in [-0.39, 0.29) is 24.9 Å². The number of hydrogen-bond acceptors (Lipinski definition) is 9. The zero-order valence-corrected chi connectivity index (χ0v) is 20.0. The smallest absolute Gasteiger partial charge is 0.344 e. The summed E-state index contributed by atoms with van der Waals surface area (Å²) in [5.41, 5.74) is 4.81. The molecular weight excluding hydrogens is 488 g/mol. The minimum Gasteiger partial charge on any atom is -0.493 e. The topological polar surface area (TPSA) is 112 Å². The van der Waals surface area contributed by atoms with E-state index in [1.807, 2.05) is 19.9 Å². The number of amides is 1. The summed E-state index contributed by atoms with van der Waals surface area (Å²) in [5, 5.41) is 4.52. The molecule has 0 saturated heterocycles. The van der Waals surface area contributed by atoms with Gasteiger partial charge in [-0.2, -0.15) is 5.10 Å². The summed E-state index contributed by atoms with van der Waals surface area (Å²) in [6.45, 7) is 5.52. The highest BCUT2D eigenvalue weighted by Crippen LogP contribution is 2.33. The maximum atomic E-state index is 12.0. The second-order valence-corrected chi connectivity index (χ2v) is 7.93. The van der Waals surface area contributed by atoms with Crippen molar-refractivity contribution in [2.75, 3.05) is 26.1 Å². The van der Waals surface area contributed by atoms with Crippen molar-refractivity contribution in [2.45, 2.75) is 25.9 Å². The van der Waals surface area contributed by atoms with Gasteiger partial charge in [-0.15, -0.1) is 0 Å². The molecule has 9 nitrogen and oxygen atoms in total. The zero-order valence-electron chi connectivity index (χ0n) is 17.6. The number of ether oxygens (including phenoxy) is 3. The van der Waals surface area contributed by atoms with Crippen molar-refractivity contribution in [3.05, 3.63) is 39.6 Å². The van der Waals surface area contributed by atoms with Gasteiger partial charge in [-0.3, -0.25) is 4.79 Å². The molecule has 0 aliphatic heterocycles. The van der Waals surface area contributed by atoms with Gasteiger partial charge in [-0.25, -0.2) is 20.2 Å². The standard InChI is InChI=1S/C20H23BrN4O5S/c1-5-29-19(27)10-30-17-8-15(21)14(7-16(17)28-4)9-22-25-18(26)11-31-20-23-12(2)6-13(3)24-20/h6-9H,5,10-11H2,1-4H3,(H,25,26)/b22-9-. The van der Waals surface area contributed by atoms with E-state index in [2.05, 4.69) is 36.4 Å². The molecule has 31 heavy (non-hydrogen) atoms. The summed E-state index contributed by atoms with van der Waals surface area (Å²) < 4.78 is 16.2. The Morgan fingerprint density at radius 2 is 1.90 bits per heavy atom. The number of esters is 1. The van der Waals surface area contributed by atoms with Gasteiger partial charge in [0.05, 0.1) is 25.7 Å². The lowest BCUT2D eigenvalue weighted by Gasteiger charge is -2.12. The fraction of sp³-hybridized carbons (Fsp3) is 0.350. The van der Waals surface area contributed by atoms with E-state index in [0.29, 0.717) is 26.7 Å². The quantitative estimate of drug-likeness (QED) is 0.170. The van der Waals surface area contributed by atoms with Crippen LogP contribution in [0.4, 0.5) is 0 Å². The number of nitrogens with one attached hydrogen (secondary N) is 1. The number of benzene rings is 1. The molecule has 0 aliphatic rings. The van der Waals surface area contributed by atoms with Crippen LogP contribution in [0.1, 0.15) is 23.9 Å². The molecule has 1 aromatic carbocycles. The number of aryl methyl sites for hydroxylation is 2. The van der Waals surface area contributed by atoms with Crippen LogP contribution in [-0.4, -0.2) is 54.1 Å². The minimum absolute atomic E-state index is 0.130. The maximum absolute atomic E-state index is 12.0. The van der Waals surface area contributed by atoms with Crippen LogP contribution >= 0.6 is 27.7 Å². The lowest BCUT2D eigenvalue weighted by molar-refractivity contribution is -0.145. The highest BCUT2D eigenvalue weighted by molar-refractivity contribution is 9.10. The molecule has 0 atom stereocenters. The summed E-state index contributed by atoms with van der Waals surface area (Å²) in [5.74, 6) is 0.140. The molecule has 0 bridgehead atoms. The second kappa shape index (κ2) is 12.3. The number of hydrazone groups is 1. The van der Waals surface area contributed by atoms with Crippen molar-refractivity contribution in [3.8, 4) is 11.5 Å². The first-order valence-electron chi connectivity index (χ1n) is 9.25. The van der Waals surface area contributed by atoms with Gasteiger partial charge in [-0.05, 0) is 54.9 Å². The number of carbonyl (C=O) groups is 2. The number of rotatable bonds is 10. The third kappa shape index (κ3) is 8.18. The Balaban J connectivity index is 1.95. The highest BCUT2D eigenvalue weighted by atomic mass is 79.9. The molecular formula is C20H23BrN4O5S. The van der Waals surface area contributed by atoms with Gasteiger partial charge in [0.25, 0.3) is 5.91 Å². The third-order valence-electron chi connectivity index (χ3n) is 3.62. The van der Waals surface area contributed by atoms with E-state index >= 15 is 0 Å². The van der Waals surface area contributed by atoms with Gasteiger partial charge in [0, 0.05) is 21.4 Å². The number of aromatic nitrogens is 2. The Bertz CT molecular complexity index is 951.